The summed E-state index contributed by atoms with van der Waals surface area (Å²) in [5.41, 5.74) is 1.01. The van der Waals surface area contributed by atoms with E-state index in [1.165, 1.54) is 4.90 Å². The second kappa shape index (κ2) is 8.26. The van der Waals surface area contributed by atoms with Crippen molar-refractivity contribution in [2.75, 3.05) is 13.1 Å². The lowest BCUT2D eigenvalue weighted by Gasteiger charge is -2.26. The van der Waals surface area contributed by atoms with Crippen molar-refractivity contribution in [1.82, 2.24) is 20.0 Å². The van der Waals surface area contributed by atoms with Gasteiger partial charge in [-0.25, -0.2) is 4.79 Å². The average Bonchev–Trinajstić information content (AvgIpc) is 2.73. The molecule has 2 rings (SSSR count). The van der Waals surface area contributed by atoms with E-state index in [1.54, 1.807) is 25.5 Å². The number of amides is 2. The van der Waals surface area contributed by atoms with Crippen molar-refractivity contribution < 1.29 is 24.5 Å². The van der Waals surface area contributed by atoms with Crippen molar-refractivity contribution >= 4 is 12.0 Å². The Kier molecular flexibility index (Phi) is 6.48. The molecule has 3 N–H and O–H groups in total. The molecule has 0 aliphatic carbocycles. The van der Waals surface area contributed by atoms with Crippen molar-refractivity contribution in [3.8, 4) is 0 Å². The van der Waals surface area contributed by atoms with Crippen molar-refractivity contribution in [2.45, 2.75) is 71.4 Å². The number of likely N-dealkylation sites (tertiary alicyclic amines) is 1. The van der Waals surface area contributed by atoms with Gasteiger partial charge >= 0.3 is 6.09 Å². The molecule has 1 aromatic rings. The molecule has 27 heavy (non-hydrogen) atoms. The van der Waals surface area contributed by atoms with Crippen molar-refractivity contribution in [3.63, 3.8) is 0 Å². The van der Waals surface area contributed by atoms with Crippen LogP contribution in [0.3, 0.4) is 0 Å². The van der Waals surface area contributed by atoms with E-state index in [0.717, 1.165) is 11.4 Å². The number of alkyl carbamates (subject to hydrolysis) is 1. The quantitative estimate of drug-likeness (QED) is 0.694. The molecule has 152 valence electrons. The van der Waals surface area contributed by atoms with Crippen molar-refractivity contribution in [2.24, 2.45) is 0 Å². The number of nitrogens with zero attached hydrogens (tertiary/aromatic N) is 3. The maximum atomic E-state index is 12.6. The number of carbonyl (C=O) groups excluding carboxylic acids is 2. The van der Waals surface area contributed by atoms with Gasteiger partial charge < -0.3 is 25.2 Å². The number of aromatic nitrogens is 2. The van der Waals surface area contributed by atoms with Crippen molar-refractivity contribution in [1.29, 1.82) is 0 Å². The molecule has 0 aromatic carbocycles. The maximum absolute atomic E-state index is 12.6. The van der Waals surface area contributed by atoms with Crippen LogP contribution in [0, 0.1) is 13.8 Å². The number of aryl methyl sites for hydroxylation is 2. The first-order chi connectivity index (χ1) is 12.4. The highest BCUT2D eigenvalue weighted by atomic mass is 16.6. The van der Waals surface area contributed by atoms with Crippen LogP contribution < -0.4 is 5.32 Å². The Morgan fingerprint density at radius 3 is 2.52 bits per heavy atom. The number of carbonyl (C=O) groups is 2. The summed E-state index contributed by atoms with van der Waals surface area (Å²) in [6, 6.07) is 1.17. The van der Waals surface area contributed by atoms with E-state index in [4.69, 9.17) is 4.74 Å². The first kappa shape index (κ1) is 21.2. The minimum Gasteiger partial charge on any atom is -0.444 e. The van der Waals surface area contributed by atoms with Gasteiger partial charge in [0.05, 0.1) is 23.9 Å². The van der Waals surface area contributed by atoms with Gasteiger partial charge in [0.2, 0.25) is 5.91 Å². The van der Waals surface area contributed by atoms with Crippen LogP contribution >= 0.6 is 0 Å². The molecule has 0 unspecified atom stereocenters. The van der Waals surface area contributed by atoms with Crippen LogP contribution in [-0.2, 0) is 16.1 Å². The topological polar surface area (TPSA) is 117 Å². The normalized spacial score (nSPS) is 23.7. The Hall–Kier alpha value is -2.13. The van der Waals surface area contributed by atoms with Crippen LogP contribution in [-0.4, -0.2) is 73.8 Å². The fourth-order valence-corrected chi connectivity index (χ4v) is 3.09. The predicted octanol–water partition coefficient (Wildman–Crippen LogP) is 0.347. The van der Waals surface area contributed by atoms with Gasteiger partial charge in [-0.05, 0) is 47.1 Å². The van der Waals surface area contributed by atoms with Gasteiger partial charge in [0.1, 0.15) is 12.1 Å². The van der Waals surface area contributed by atoms with Gasteiger partial charge in [0, 0.05) is 18.8 Å². The SMILES string of the molecule is Cc1cc(C)n(CC(=O)N2C[C@H](O)C[C@@H](NC(=O)OC(C)(C)C)[C@H](O)C2)n1. The van der Waals surface area contributed by atoms with Gasteiger partial charge in [-0.15, -0.1) is 0 Å². The lowest BCUT2D eigenvalue weighted by atomic mass is 10.1. The summed E-state index contributed by atoms with van der Waals surface area (Å²) in [5.74, 6) is -0.253. The Morgan fingerprint density at radius 2 is 1.96 bits per heavy atom. The van der Waals surface area contributed by atoms with Crippen LogP contribution in [0.2, 0.25) is 0 Å². The number of hydrogen-bond acceptors (Lipinski definition) is 6. The molecule has 2 heterocycles. The molecule has 3 atom stereocenters. The molecule has 1 saturated heterocycles. The smallest absolute Gasteiger partial charge is 0.407 e. The Labute approximate surface area is 159 Å². The van der Waals surface area contributed by atoms with Crippen LogP contribution in [0.1, 0.15) is 38.6 Å². The molecule has 9 nitrogen and oxygen atoms in total. The largest absolute Gasteiger partial charge is 0.444 e. The third-order valence-corrected chi connectivity index (χ3v) is 4.27. The molecule has 1 fully saturated rings. The zero-order chi connectivity index (χ0) is 20.4. The summed E-state index contributed by atoms with van der Waals surface area (Å²) in [7, 11) is 0. The molecule has 9 heteroatoms. The lowest BCUT2D eigenvalue weighted by Crippen LogP contribution is -2.48. The van der Waals surface area contributed by atoms with Crippen molar-refractivity contribution in [3.05, 3.63) is 17.5 Å². The summed E-state index contributed by atoms with van der Waals surface area (Å²) in [6.45, 7) is 9.06. The highest BCUT2D eigenvalue weighted by Gasteiger charge is 2.34. The van der Waals surface area contributed by atoms with E-state index in [9.17, 15) is 19.8 Å². The minimum atomic E-state index is -1.01. The zero-order valence-electron chi connectivity index (χ0n) is 16.6. The standard InChI is InChI=1S/C18H30N4O5/c1-11-6-12(2)22(20-11)10-16(25)21-8-13(23)7-14(15(24)9-21)19-17(26)27-18(3,4)5/h6,13-15,23-24H,7-10H2,1-5H3,(H,19,26)/t13-,14-,15-/m1/s1. The van der Waals surface area contributed by atoms with Gasteiger partial charge in [0.25, 0.3) is 0 Å². The van der Waals surface area contributed by atoms with E-state index in [1.807, 2.05) is 19.9 Å². The summed E-state index contributed by atoms with van der Waals surface area (Å²) < 4.78 is 6.79. The van der Waals surface area contributed by atoms with Gasteiger partial charge in [-0.1, -0.05) is 0 Å². The van der Waals surface area contributed by atoms with Gasteiger partial charge in [-0.2, -0.15) is 5.10 Å². The maximum Gasteiger partial charge on any atom is 0.407 e. The highest BCUT2D eigenvalue weighted by Crippen LogP contribution is 2.15. The molecule has 0 saturated carbocycles. The molecule has 2 amide bonds. The number of aliphatic hydroxyl groups is 2. The van der Waals surface area contributed by atoms with E-state index in [0.29, 0.717) is 0 Å². The van der Waals surface area contributed by atoms with Gasteiger partial charge in [0.15, 0.2) is 0 Å². The van der Waals surface area contributed by atoms with Crippen LogP contribution in [0.25, 0.3) is 0 Å². The van der Waals surface area contributed by atoms with E-state index >= 15 is 0 Å². The predicted molar refractivity (Wildman–Crippen MR) is 98.1 cm³/mol. The first-order valence-electron chi connectivity index (χ1n) is 9.09. The molecule has 0 radical (unpaired) electrons. The minimum absolute atomic E-state index is 0.00958. The van der Waals surface area contributed by atoms with Gasteiger partial charge in [-0.3, -0.25) is 9.48 Å². The third kappa shape index (κ3) is 6.21. The molecule has 0 bridgehead atoms. The Morgan fingerprint density at radius 1 is 1.30 bits per heavy atom. The first-order valence-corrected chi connectivity index (χ1v) is 9.09. The zero-order valence-corrected chi connectivity index (χ0v) is 16.6. The molecular formula is C18H30N4O5. The van der Waals surface area contributed by atoms with E-state index in [-0.39, 0.29) is 32.0 Å². The number of nitrogens with one attached hydrogen (secondary N) is 1. The summed E-state index contributed by atoms with van der Waals surface area (Å²) in [4.78, 5) is 26.0. The number of ether oxygens (including phenoxy) is 1. The highest BCUT2D eigenvalue weighted by molar-refractivity contribution is 5.76. The Balaban J connectivity index is 2.01. The summed E-state index contributed by atoms with van der Waals surface area (Å²) in [5, 5.41) is 27.6. The lowest BCUT2D eigenvalue weighted by molar-refractivity contribution is -0.134. The second-order valence-corrected chi connectivity index (χ2v) is 8.09. The molecule has 1 aliphatic heterocycles. The molecular weight excluding hydrogens is 352 g/mol. The fourth-order valence-electron chi connectivity index (χ4n) is 3.09. The number of rotatable bonds is 3. The summed E-state index contributed by atoms with van der Waals surface area (Å²) >= 11 is 0. The van der Waals surface area contributed by atoms with Crippen LogP contribution in [0.5, 0.6) is 0 Å². The van der Waals surface area contributed by atoms with Crippen LogP contribution in [0.4, 0.5) is 4.79 Å². The molecule has 0 spiro atoms. The summed E-state index contributed by atoms with van der Waals surface area (Å²) in [6.07, 6.45) is -2.42. The van der Waals surface area contributed by atoms with E-state index < -0.39 is 29.9 Å². The number of hydrogen-bond donors (Lipinski definition) is 3. The average molecular weight is 382 g/mol. The third-order valence-electron chi connectivity index (χ3n) is 4.27. The second-order valence-electron chi connectivity index (χ2n) is 8.09. The fraction of sp³-hybridized carbons (Fsp3) is 0.722. The number of β-amino-alcohol motifs (C(OH)–C–C–N with tert-alkyl or cyclic N) is 2. The van der Waals surface area contributed by atoms with Crippen LogP contribution in [0.15, 0.2) is 6.07 Å². The monoisotopic (exact) mass is 382 g/mol. The Bertz CT molecular complexity index is 682. The van der Waals surface area contributed by atoms with E-state index in [2.05, 4.69) is 10.4 Å². The molecule has 1 aliphatic rings. The molecule has 1 aromatic heterocycles. The number of aliphatic hydroxyl groups excluding tert-OH is 2.